The molecule has 3 amide bonds. The average molecular weight is 825 g/mol. The van der Waals surface area contributed by atoms with Crippen LogP contribution in [0, 0.1) is 0 Å². The van der Waals surface area contributed by atoms with Gasteiger partial charge in [-0.1, -0.05) is 40.2 Å². The number of hydrogen-bond acceptors (Lipinski definition) is 9. The van der Waals surface area contributed by atoms with Crippen molar-refractivity contribution >= 4 is 55.1 Å². The smallest absolute Gasteiger partial charge is 0.255 e. The zero-order chi connectivity index (χ0) is 37.9. The lowest BCUT2D eigenvalue weighted by Gasteiger charge is -2.31. The number of aromatic hydroxyl groups is 1. The van der Waals surface area contributed by atoms with Gasteiger partial charge in [-0.3, -0.25) is 24.6 Å². The monoisotopic (exact) mass is 823 g/mol. The molecule has 4 heterocycles. The van der Waals surface area contributed by atoms with Gasteiger partial charge in [-0.15, -0.1) is 11.3 Å². The molecular weight excluding hydrogens is 782 g/mol. The number of piperidine rings is 2. The van der Waals surface area contributed by atoms with Gasteiger partial charge in [0.15, 0.2) is 5.75 Å². The quantitative estimate of drug-likeness (QED) is 0.0905. The number of nitrogens with one attached hydrogen (secondary N) is 1. The first-order valence-electron chi connectivity index (χ1n) is 18.8. The van der Waals surface area contributed by atoms with Crippen LogP contribution in [0.2, 0.25) is 0 Å². The van der Waals surface area contributed by atoms with Gasteiger partial charge in [0.2, 0.25) is 11.8 Å². The van der Waals surface area contributed by atoms with Gasteiger partial charge in [0.25, 0.3) is 5.91 Å². The number of amides is 3. The lowest BCUT2D eigenvalue weighted by molar-refractivity contribution is -0.136. The lowest BCUT2D eigenvalue weighted by atomic mass is 10.0. The van der Waals surface area contributed by atoms with Crippen LogP contribution >= 0.6 is 27.3 Å². The molecule has 0 saturated carbocycles. The fraction of sp³-hybridized carbons (Fsp3) is 0.326. The number of carbonyl (C=O) groups is 3. The Hall–Kier alpha value is -4.75. The molecule has 2 fully saturated rings. The Morgan fingerprint density at radius 2 is 1.65 bits per heavy atom. The number of likely N-dealkylation sites (tertiary alicyclic amines) is 1. The van der Waals surface area contributed by atoms with Crippen LogP contribution in [-0.4, -0.2) is 77.6 Å². The summed E-state index contributed by atoms with van der Waals surface area (Å²) in [6.07, 6.45) is 4.59. The number of benzene rings is 4. The Kier molecular flexibility index (Phi) is 11.2. The first kappa shape index (κ1) is 37.2. The molecule has 0 bridgehead atoms. The number of nitrogens with zero attached hydrogens (tertiary/aromatic N) is 2. The van der Waals surface area contributed by atoms with Crippen molar-refractivity contribution in [2.75, 3.05) is 32.8 Å². The minimum Gasteiger partial charge on any atom is -0.508 e. The Balaban J connectivity index is 0.750. The molecule has 12 heteroatoms. The Morgan fingerprint density at radius 1 is 0.873 bits per heavy atom. The van der Waals surface area contributed by atoms with Crippen LogP contribution in [0.25, 0.3) is 20.5 Å². The van der Waals surface area contributed by atoms with Gasteiger partial charge in [-0.05, 0) is 109 Å². The lowest BCUT2D eigenvalue weighted by Crippen LogP contribution is -2.52. The molecule has 1 aromatic heterocycles. The number of ether oxygens (including phenoxy) is 3. The fourth-order valence-electron chi connectivity index (χ4n) is 7.58. The van der Waals surface area contributed by atoms with Crippen molar-refractivity contribution < 1.29 is 33.7 Å². The highest BCUT2D eigenvalue weighted by Gasteiger charge is 2.39. The van der Waals surface area contributed by atoms with Gasteiger partial charge in [0, 0.05) is 59.3 Å². The highest BCUT2D eigenvalue weighted by atomic mass is 79.9. The van der Waals surface area contributed by atoms with E-state index >= 15 is 0 Å². The Labute approximate surface area is 332 Å². The van der Waals surface area contributed by atoms with Gasteiger partial charge in [-0.2, -0.15) is 0 Å². The summed E-state index contributed by atoms with van der Waals surface area (Å²) in [6.45, 7) is 4.45. The van der Waals surface area contributed by atoms with E-state index < -0.39 is 6.04 Å². The van der Waals surface area contributed by atoms with Crippen molar-refractivity contribution in [2.45, 2.75) is 57.2 Å². The molecular formula is C43H42BrN3O7S. The van der Waals surface area contributed by atoms with Crippen LogP contribution in [0.15, 0.2) is 89.4 Å². The minimum absolute atomic E-state index is 0.142. The maximum Gasteiger partial charge on any atom is 0.255 e. The predicted octanol–water partition coefficient (Wildman–Crippen LogP) is 8.08. The van der Waals surface area contributed by atoms with E-state index in [0.29, 0.717) is 37.5 Å². The molecule has 55 heavy (non-hydrogen) atoms. The van der Waals surface area contributed by atoms with E-state index in [-0.39, 0.29) is 36.0 Å². The number of rotatable bonds is 13. The van der Waals surface area contributed by atoms with Crippen molar-refractivity contribution in [3.05, 3.63) is 106 Å². The number of fused-ring (bicyclic) bond motifs is 2. The highest BCUT2D eigenvalue weighted by molar-refractivity contribution is 9.10. The van der Waals surface area contributed by atoms with E-state index in [4.69, 9.17) is 14.2 Å². The third-order valence-corrected chi connectivity index (χ3v) is 12.3. The summed E-state index contributed by atoms with van der Waals surface area (Å²) in [4.78, 5) is 41.9. The summed E-state index contributed by atoms with van der Waals surface area (Å²) in [5, 5.41) is 13.4. The molecule has 5 aromatic rings. The predicted molar refractivity (Wildman–Crippen MR) is 215 cm³/mol. The summed E-state index contributed by atoms with van der Waals surface area (Å²) in [5.41, 5.74) is 3.78. The Bertz CT molecular complexity index is 2200. The van der Waals surface area contributed by atoms with Crippen LogP contribution in [0.3, 0.4) is 0 Å². The number of imide groups is 1. The molecule has 2 N–H and O–H groups in total. The maximum absolute atomic E-state index is 13.0. The topological polar surface area (TPSA) is 118 Å². The first-order valence-corrected chi connectivity index (χ1v) is 20.4. The number of phenolic OH excluding ortho intramolecular Hbond substituents is 1. The van der Waals surface area contributed by atoms with Gasteiger partial charge >= 0.3 is 0 Å². The van der Waals surface area contributed by atoms with Crippen LogP contribution in [0.5, 0.6) is 23.0 Å². The van der Waals surface area contributed by atoms with Gasteiger partial charge < -0.3 is 24.2 Å². The van der Waals surface area contributed by atoms with Crippen molar-refractivity contribution in [2.24, 2.45) is 0 Å². The molecule has 4 aromatic carbocycles. The zero-order valence-electron chi connectivity index (χ0n) is 30.3. The number of halogens is 1. The van der Waals surface area contributed by atoms with E-state index in [1.807, 2.05) is 54.6 Å². The van der Waals surface area contributed by atoms with Crippen LogP contribution in [0.1, 0.15) is 53.6 Å². The van der Waals surface area contributed by atoms with Crippen LogP contribution in [-0.2, 0) is 27.3 Å². The SMILES string of the molecule is O=C1CCC(N2Cc3cc(CCCOC4CCN(CCOc5ccc(Oc6c(-c7ccc(Br)cc7)sc7cc(O)ccc67)cc5)CC4)ccc3C2=O)C(=O)N1. The van der Waals surface area contributed by atoms with Gasteiger partial charge in [-0.25, -0.2) is 0 Å². The fourth-order valence-corrected chi connectivity index (χ4v) is 9.01. The van der Waals surface area contributed by atoms with E-state index in [0.717, 1.165) is 92.9 Å². The maximum atomic E-state index is 13.0. The largest absolute Gasteiger partial charge is 0.508 e. The summed E-state index contributed by atoms with van der Waals surface area (Å²) in [5.74, 6) is 1.69. The second kappa shape index (κ2) is 16.5. The molecule has 1 atom stereocenters. The molecule has 3 aliphatic rings. The second-order valence-electron chi connectivity index (χ2n) is 14.3. The van der Waals surface area contributed by atoms with Crippen molar-refractivity contribution in [3.63, 3.8) is 0 Å². The summed E-state index contributed by atoms with van der Waals surface area (Å²) in [6, 6.07) is 26.6. The van der Waals surface area contributed by atoms with E-state index in [2.05, 4.69) is 44.3 Å². The van der Waals surface area contributed by atoms with Crippen LogP contribution < -0.4 is 14.8 Å². The standard InChI is InChI=1S/C43H42BrN3O7S/c44-30-6-4-28(5-7-30)41-40(36-14-8-31(48)25-38(36)55-41)54-34-11-9-32(10-12-34)53-23-21-46-19-17-33(18-20-46)52-22-1-2-27-3-13-35-29(24-27)26-47(43(35)51)37-15-16-39(49)45-42(37)50/h3-14,24-25,33,37,48H,1-2,15-23,26H2,(H,45,49,50). The van der Waals surface area contributed by atoms with Crippen molar-refractivity contribution in [1.29, 1.82) is 0 Å². The number of carbonyl (C=O) groups excluding carboxylic acids is 3. The molecule has 0 aliphatic carbocycles. The highest BCUT2D eigenvalue weighted by Crippen LogP contribution is 2.47. The van der Waals surface area contributed by atoms with Crippen LogP contribution in [0.4, 0.5) is 0 Å². The van der Waals surface area contributed by atoms with Gasteiger partial charge in [0.1, 0.15) is 29.9 Å². The second-order valence-corrected chi connectivity index (χ2v) is 16.2. The molecule has 0 spiro atoms. The number of thiophene rings is 1. The molecule has 0 radical (unpaired) electrons. The number of phenols is 1. The average Bonchev–Trinajstić information content (AvgIpc) is 3.70. The summed E-state index contributed by atoms with van der Waals surface area (Å²) in [7, 11) is 0. The summed E-state index contributed by atoms with van der Waals surface area (Å²) < 4.78 is 20.8. The molecule has 10 nitrogen and oxygen atoms in total. The van der Waals surface area contributed by atoms with E-state index in [1.54, 1.807) is 28.4 Å². The number of hydrogen-bond donors (Lipinski definition) is 2. The third-order valence-electron chi connectivity index (χ3n) is 10.5. The molecule has 2 saturated heterocycles. The summed E-state index contributed by atoms with van der Waals surface area (Å²) >= 11 is 5.11. The molecule has 3 aliphatic heterocycles. The normalized spacial score (nSPS) is 17.8. The van der Waals surface area contributed by atoms with E-state index in [9.17, 15) is 19.5 Å². The number of aryl methyl sites for hydroxylation is 1. The molecule has 284 valence electrons. The van der Waals surface area contributed by atoms with E-state index in [1.165, 1.54) is 0 Å². The Morgan fingerprint density at radius 3 is 2.44 bits per heavy atom. The molecule has 1 unspecified atom stereocenters. The van der Waals surface area contributed by atoms with Gasteiger partial charge in [0.05, 0.1) is 11.0 Å². The molecule has 8 rings (SSSR count). The first-order chi connectivity index (χ1) is 26.8. The third kappa shape index (κ3) is 8.57. The zero-order valence-corrected chi connectivity index (χ0v) is 32.7. The van der Waals surface area contributed by atoms with Crippen molar-refractivity contribution in [1.82, 2.24) is 15.1 Å². The minimum atomic E-state index is -0.595. The van der Waals surface area contributed by atoms with Crippen molar-refractivity contribution in [3.8, 4) is 33.4 Å².